The highest BCUT2D eigenvalue weighted by Crippen LogP contribution is 2.29. The number of thiocarbonyl (C=S) groups is 1. The number of anilines is 1. The lowest BCUT2D eigenvalue weighted by Crippen LogP contribution is -2.40. The average molecular weight is 480 g/mol. The monoisotopic (exact) mass is 479 g/mol. The first kappa shape index (κ1) is 25.4. The van der Waals surface area contributed by atoms with E-state index in [1.165, 1.54) is 30.9 Å². The van der Waals surface area contributed by atoms with Gasteiger partial charge in [0.15, 0.2) is 11.2 Å². The molecule has 0 saturated carbocycles. The predicted molar refractivity (Wildman–Crippen MR) is 130 cm³/mol. The summed E-state index contributed by atoms with van der Waals surface area (Å²) < 4.78 is 30.5. The number of benzene rings is 2. The van der Waals surface area contributed by atoms with E-state index in [4.69, 9.17) is 17.0 Å². The van der Waals surface area contributed by atoms with Crippen LogP contribution >= 0.6 is 12.2 Å². The van der Waals surface area contributed by atoms with Crippen molar-refractivity contribution in [3.8, 4) is 5.75 Å². The highest BCUT2D eigenvalue weighted by atomic mass is 32.2. The van der Waals surface area contributed by atoms with E-state index in [-0.39, 0.29) is 22.0 Å². The Balaban J connectivity index is 2.09. The fourth-order valence-corrected chi connectivity index (χ4v) is 3.70. The van der Waals surface area contributed by atoms with Gasteiger partial charge in [0.05, 0.1) is 19.1 Å². The number of carboxylic acids is 1. The van der Waals surface area contributed by atoms with E-state index in [0.717, 1.165) is 11.8 Å². The Labute approximate surface area is 194 Å². The molecule has 2 aromatic rings. The number of ether oxygens (including phenoxy) is 1. The topological polar surface area (TPSA) is 117 Å². The van der Waals surface area contributed by atoms with Gasteiger partial charge in [0, 0.05) is 6.54 Å². The molecule has 0 aromatic heterocycles. The van der Waals surface area contributed by atoms with Gasteiger partial charge < -0.3 is 20.5 Å². The van der Waals surface area contributed by atoms with E-state index < -0.39 is 22.0 Å². The maximum absolute atomic E-state index is 11.9. The lowest BCUT2D eigenvalue weighted by atomic mass is 9.87. The number of aliphatic carboxylic acids is 1. The van der Waals surface area contributed by atoms with E-state index in [2.05, 4.69) is 48.3 Å². The first-order valence-electron chi connectivity index (χ1n) is 9.82. The van der Waals surface area contributed by atoms with Crippen molar-refractivity contribution in [1.82, 2.24) is 10.6 Å². The second-order valence-corrected chi connectivity index (χ2v) is 10.5. The Morgan fingerprint density at radius 2 is 1.78 bits per heavy atom. The van der Waals surface area contributed by atoms with Gasteiger partial charge >= 0.3 is 5.97 Å². The third-order valence-electron chi connectivity index (χ3n) is 4.65. The third kappa shape index (κ3) is 7.38. The Hall–Kier alpha value is -2.85. The SMILES string of the molecule is COc1cc(C(NC(=S)NCc2ccc(C(C)(C)C)cc2)C(=O)O)ccc1NS(C)(=O)=O. The zero-order chi connectivity index (χ0) is 24.1. The molecule has 1 unspecified atom stereocenters. The molecule has 0 saturated heterocycles. The minimum atomic E-state index is -3.52. The van der Waals surface area contributed by atoms with Crippen molar-refractivity contribution in [2.75, 3.05) is 18.1 Å². The van der Waals surface area contributed by atoms with Crippen LogP contribution in [0, 0.1) is 0 Å². The van der Waals surface area contributed by atoms with Crippen molar-refractivity contribution in [1.29, 1.82) is 0 Å². The summed E-state index contributed by atoms with van der Waals surface area (Å²) in [5.74, 6) is -0.951. The van der Waals surface area contributed by atoms with Gasteiger partial charge in [0.25, 0.3) is 0 Å². The number of carbonyl (C=O) groups is 1. The summed E-state index contributed by atoms with van der Waals surface area (Å²) >= 11 is 5.28. The maximum Gasteiger partial charge on any atom is 0.330 e. The first-order valence-corrected chi connectivity index (χ1v) is 12.1. The molecule has 0 amide bonds. The summed E-state index contributed by atoms with van der Waals surface area (Å²) in [7, 11) is -2.15. The highest BCUT2D eigenvalue weighted by molar-refractivity contribution is 7.92. The Morgan fingerprint density at radius 3 is 2.28 bits per heavy atom. The van der Waals surface area contributed by atoms with E-state index >= 15 is 0 Å². The second-order valence-electron chi connectivity index (χ2n) is 8.38. The fourth-order valence-electron chi connectivity index (χ4n) is 2.95. The van der Waals surface area contributed by atoms with Crippen LogP contribution in [0.3, 0.4) is 0 Å². The molecule has 32 heavy (non-hydrogen) atoms. The Morgan fingerprint density at radius 1 is 1.16 bits per heavy atom. The van der Waals surface area contributed by atoms with Crippen LogP contribution in [0.1, 0.15) is 43.5 Å². The van der Waals surface area contributed by atoms with Gasteiger partial charge in [-0.05, 0) is 46.5 Å². The summed E-state index contributed by atoms with van der Waals surface area (Å²) in [5.41, 5.74) is 2.85. The van der Waals surface area contributed by atoms with E-state index in [1.807, 2.05) is 12.1 Å². The molecule has 0 bridgehead atoms. The van der Waals surface area contributed by atoms with Crippen molar-refractivity contribution in [3.05, 3.63) is 59.2 Å². The van der Waals surface area contributed by atoms with Crippen LogP contribution in [0.5, 0.6) is 5.75 Å². The molecule has 0 fully saturated rings. The summed E-state index contributed by atoms with van der Waals surface area (Å²) in [5, 5.41) is 15.7. The van der Waals surface area contributed by atoms with Gasteiger partial charge in [-0.1, -0.05) is 51.1 Å². The minimum absolute atomic E-state index is 0.0605. The van der Waals surface area contributed by atoms with Crippen LogP contribution in [0.4, 0.5) is 5.69 Å². The molecule has 0 heterocycles. The van der Waals surface area contributed by atoms with E-state index in [1.54, 1.807) is 0 Å². The Bertz CT molecular complexity index is 1080. The lowest BCUT2D eigenvalue weighted by molar-refractivity contribution is -0.139. The van der Waals surface area contributed by atoms with E-state index in [9.17, 15) is 18.3 Å². The summed E-state index contributed by atoms with van der Waals surface area (Å²) in [6, 6.07) is 11.4. The van der Waals surface area contributed by atoms with Crippen LogP contribution in [-0.4, -0.2) is 38.0 Å². The smallest absolute Gasteiger partial charge is 0.330 e. The molecule has 8 nitrogen and oxygen atoms in total. The van der Waals surface area contributed by atoms with Gasteiger partial charge in [0.2, 0.25) is 10.0 Å². The Kier molecular flexibility index (Phi) is 8.08. The number of nitrogens with one attached hydrogen (secondary N) is 3. The molecule has 4 N–H and O–H groups in total. The molecule has 1 atom stereocenters. The zero-order valence-electron chi connectivity index (χ0n) is 18.7. The second kappa shape index (κ2) is 10.2. The van der Waals surface area contributed by atoms with E-state index in [0.29, 0.717) is 12.1 Å². The minimum Gasteiger partial charge on any atom is -0.495 e. The quantitative estimate of drug-likeness (QED) is 0.427. The molecule has 0 radical (unpaired) electrons. The number of sulfonamides is 1. The molecule has 2 aromatic carbocycles. The molecule has 2 rings (SSSR count). The maximum atomic E-state index is 11.9. The highest BCUT2D eigenvalue weighted by Gasteiger charge is 2.22. The molecular weight excluding hydrogens is 450 g/mol. The van der Waals surface area contributed by atoms with Gasteiger partial charge in [-0.3, -0.25) is 4.72 Å². The van der Waals surface area contributed by atoms with Crippen LogP contribution in [0.25, 0.3) is 0 Å². The largest absolute Gasteiger partial charge is 0.495 e. The van der Waals surface area contributed by atoms with Crippen LogP contribution in [0.15, 0.2) is 42.5 Å². The molecule has 0 aliphatic carbocycles. The van der Waals surface area contributed by atoms with Gasteiger partial charge in [-0.25, -0.2) is 13.2 Å². The van der Waals surface area contributed by atoms with Crippen LogP contribution in [0.2, 0.25) is 0 Å². The average Bonchev–Trinajstić information content (AvgIpc) is 2.69. The van der Waals surface area contributed by atoms with Gasteiger partial charge in [-0.15, -0.1) is 0 Å². The van der Waals surface area contributed by atoms with Crippen molar-refractivity contribution < 1.29 is 23.1 Å². The summed E-state index contributed by atoms with van der Waals surface area (Å²) in [6.07, 6.45) is 1.02. The number of hydrogen-bond acceptors (Lipinski definition) is 5. The normalized spacial score (nSPS) is 12.5. The molecule has 0 spiro atoms. The standard InChI is InChI=1S/C22H29N3O5S2/c1-22(2,3)16-9-6-14(7-10-16)13-23-21(31)24-19(20(26)27)15-8-11-17(18(12-15)30-4)25-32(5,28)29/h6-12,19,25H,13H2,1-5H3,(H,26,27)(H2,23,24,31). The fraction of sp³-hybridized carbons (Fsp3) is 0.364. The number of hydrogen-bond donors (Lipinski definition) is 4. The van der Waals surface area contributed by atoms with Crippen molar-refractivity contribution in [3.63, 3.8) is 0 Å². The molecule has 174 valence electrons. The number of methoxy groups -OCH3 is 1. The summed E-state index contributed by atoms with van der Waals surface area (Å²) in [6.45, 7) is 6.86. The third-order valence-corrected chi connectivity index (χ3v) is 5.50. The van der Waals surface area contributed by atoms with Gasteiger partial charge in [-0.2, -0.15) is 0 Å². The molecule has 10 heteroatoms. The molecule has 0 aliphatic heterocycles. The van der Waals surface area contributed by atoms with Crippen LogP contribution in [-0.2, 0) is 26.8 Å². The van der Waals surface area contributed by atoms with Gasteiger partial charge in [0.1, 0.15) is 5.75 Å². The molecule has 0 aliphatic rings. The zero-order valence-corrected chi connectivity index (χ0v) is 20.4. The summed E-state index contributed by atoms with van der Waals surface area (Å²) in [4.78, 5) is 11.9. The van der Waals surface area contributed by atoms with Crippen LogP contribution < -0.4 is 20.1 Å². The first-order chi connectivity index (χ1) is 14.8. The number of rotatable bonds is 8. The number of carboxylic acid groups (broad SMARTS) is 1. The van der Waals surface area contributed by atoms with Crippen molar-refractivity contribution >= 4 is 39.0 Å². The van der Waals surface area contributed by atoms with Crippen molar-refractivity contribution in [2.45, 2.75) is 38.8 Å². The predicted octanol–water partition coefficient (Wildman–Crippen LogP) is 3.15. The lowest BCUT2D eigenvalue weighted by Gasteiger charge is -2.20. The molecular formula is C22H29N3O5S2. The van der Waals surface area contributed by atoms with Crippen molar-refractivity contribution in [2.24, 2.45) is 0 Å².